The van der Waals surface area contributed by atoms with E-state index in [9.17, 15) is 9.59 Å². The highest BCUT2D eigenvalue weighted by Crippen LogP contribution is 2.14. The highest BCUT2D eigenvalue weighted by atomic mass is 16.6. The molecule has 0 bridgehead atoms. The highest BCUT2D eigenvalue weighted by molar-refractivity contribution is 5.74. The third-order valence-corrected chi connectivity index (χ3v) is 5.85. The minimum Gasteiger partial charge on any atom is -0.480 e. The monoisotopic (exact) mass is 411 g/mol. The first-order chi connectivity index (χ1) is 13.9. The van der Waals surface area contributed by atoms with Crippen LogP contribution in [0.4, 0.5) is 4.79 Å². The van der Waals surface area contributed by atoms with Crippen molar-refractivity contribution in [3.05, 3.63) is 0 Å². The quantitative estimate of drug-likeness (QED) is 0.320. The minimum absolute atomic E-state index is 0.0871. The van der Waals surface area contributed by atoms with E-state index in [0.29, 0.717) is 19.6 Å². The topological polar surface area (TPSA) is 130 Å². The standard InChI is InChI=1S/C18H33N7O4/c19-17(20)24-10-8-21(9-11-24)2-1-3-25-13-15(29-18(25)28)12-22-4-6-23(7-5-22)14-16(26)27/h15H,1-14H2,(H3,19,20)(H,26,27). The van der Waals surface area contributed by atoms with Gasteiger partial charge in [0, 0.05) is 65.4 Å². The third kappa shape index (κ3) is 6.44. The van der Waals surface area contributed by atoms with Gasteiger partial charge in [0.15, 0.2) is 5.96 Å². The molecule has 0 saturated carbocycles. The molecule has 0 aromatic carbocycles. The van der Waals surface area contributed by atoms with Crippen LogP contribution in [0.25, 0.3) is 0 Å². The number of ether oxygens (including phenoxy) is 1. The molecule has 0 spiro atoms. The molecule has 0 radical (unpaired) electrons. The summed E-state index contributed by atoms with van der Waals surface area (Å²) in [6.07, 6.45) is 0.545. The number of nitrogens with two attached hydrogens (primary N) is 1. The first-order valence-corrected chi connectivity index (χ1v) is 10.3. The van der Waals surface area contributed by atoms with Crippen LogP contribution in [0.3, 0.4) is 0 Å². The fraction of sp³-hybridized carbons (Fsp3) is 0.833. The van der Waals surface area contributed by atoms with Gasteiger partial charge in [0.2, 0.25) is 0 Å². The van der Waals surface area contributed by atoms with Crippen molar-refractivity contribution in [1.82, 2.24) is 24.5 Å². The van der Waals surface area contributed by atoms with E-state index < -0.39 is 5.97 Å². The van der Waals surface area contributed by atoms with E-state index in [4.69, 9.17) is 21.0 Å². The molecule has 3 fully saturated rings. The number of carboxylic acid groups (broad SMARTS) is 1. The maximum absolute atomic E-state index is 12.2. The number of carbonyl (C=O) groups excluding carboxylic acids is 1. The number of amides is 1. The van der Waals surface area contributed by atoms with Crippen molar-refractivity contribution in [3.63, 3.8) is 0 Å². The van der Waals surface area contributed by atoms with Crippen LogP contribution in [0.5, 0.6) is 0 Å². The Hall–Kier alpha value is -2.11. The summed E-state index contributed by atoms with van der Waals surface area (Å²) in [5.74, 6) is -0.654. The van der Waals surface area contributed by atoms with Crippen LogP contribution >= 0.6 is 0 Å². The first-order valence-electron chi connectivity index (χ1n) is 10.3. The van der Waals surface area contributed by atoms with Gasteiger partial charge in [0.05, 0.1) is 13.1 Å². The van der Waals surface area contributed by atoms with E-state index in [1.807, 2.05) is 9.80 Å². The molecule has 11 nitrogen and oxygen atoms in total. The number of rotatable bonds is 8. The van der Waals surface area contributed by atoms with Gasteiger partial charge in [-0.2, -0.15) is 0 Å². The second-order valence-corrected chi connectivity index (χ2v) is 7.99. The van der Waals surface area contributed by atoms with Gasteiger partial charge in [0.1, 0.15) is 6.10 Å². The van der Waals surface area contributed by atoms with E-state index in [1.54, 1.807) is 4.90 Å². The highest BCUT2D eigenvalue weighted by Gasteiger charge is 2.33. The molecule has 3 aliphatic rings. The number of hydrogen-bond donors (Lipinski definition) is 3. The Morgan fingerprint density at radius 1 is 1.03 bits per heavy atom. The summed E-state index contributed by atoms with van der Waals surface area (Å²) in [4.78, 5) is 33.1. The summed E-state index contributed by atoms with van der Waals surface area (Å²) >= 11 is 0. The number of carbonyl (C=O) groups is 2. The molecule has 4 N–H and O–H groups in total. The van der Waals surface area contributed by atoms with Crippen molar-refractivity contribution in [3.8, 4) is 0 Å². The second kappa shape index (κ2) is 10.1. The van der Waals surface area contributed by atoms with Gasteiger partial charge in [-0.1, -0.05) is 0 Å². The molecule has 0 aromatic rings. The van der Waals surface area contributed by atoms with E-state index in [0.717, 1.165) is 65.3 Å². The van der Waals surface area contributed by atoms with Crippen molar-refractivity contribution in [2.45, 2.75) is 12.5 Å². The molecule has 1 atom stereocenters. The number of nitrogens with one attached hydrogen (secondary N) is 1. The minimum atomic E-state index is -0.792. The molecule has 29 heavy (non-hydrogen) atoms. The summed E-state index contributed by atoms with van der Waals surface area (Å²) in [5, 5.41) is 16.3. The van der Waals surface area contributed by atoms with Gasteiger partial charge in [-0.15, -0.1) is 0 Å². The lowest BCUT2D eigenvalue weighted by atomic mass is 10.2. The van der Waals surface area contributed by atoms with E-state index in [-0.39, 0.29) is 24.7 Å². The van der Waals surface area contributed by atoms with Crippen LogP contribution in [0.2, 0.25) is 0 Å². The van der Waals surface area contributed by atoms with Gasteiger partial charge in [0.25, 0.3) is 0 Å². The molecule has 0 aliphatic carbocycles. The van der Waals surface area contributed by atoms with Gasteiger partial charge >= 0.3 is 12.1 Å². The Morgan fingerprint density at radius 2 is 1.66 bits per heavy atom. The zero-order valence-corrected chi connectivity index (χ0v) is 17.0. The molecule has 1 amide bonds. The Kier molecular flexibility index (Phi) is 7.51. The van der Waals surface area contributed by atoms with Gasteiger partial charge in [-0.25, -0.2) is 4.79 Å². The number of guanidine groups is 1. The lowest BCUT2D eigenvalue weighted by Crippen LogP contribution is -2.51. The normalized spacial score (nSPS) is 24.7. The first kappa shape index (κ1) is 21.6. The number of aliphatic carboxylic acids is 1. The molecule has 1 unspecified atom stereocenters. The van der Waals surface area contributed by atoms with Gasteiger partial charge < -0.3 is 25.4 Å². The maximum Gasteiger partial charge on any atom is 0.410 e. The average Bonchev–Trinajstić information content (AvgIpc) is 3.02. The van der Waals surface area contributed by atoms with Crippen LogP contribution in [0.15, 0.2) is 0 Å². The van der Waals surface area contributed by atoms with Crippen molar-refractivity contribution in [1.29, 1.82) is 5.41 Å². The van der Waals surface area contributed by atoms with E-state index >= 15 is 0 Å². The number of carboxylic acids is 1. The largest absolute Gasteiger partial charge is 0.480 e. The number of piperazine rings is 2. The summed E-state index contributed by atoms with van der Waals surface area (Å²) in [7, 11) is 0. The van der Waals surface area contributed by atoms with Crippen LogP contribution < -0.4 is 5.73 Å². The molecule has 3 saturated heterocycles. The van der Waals surface area contributed by atoms with E-state index in [1.165, 1.54) is 0 Å². The summed E-state index contributed by atoms with van der Waals surface area (Å²) in [5.41, 5.74) is 5.52. The van der Waals surface area contributed by atoms with Gasteiger partial charge in [-0.05, 0) is 13.0 Å². The molecule has 3 aliphatic heterocycles. The van der Waals surface area contributed by atoms with Crippen LogP contribution in [0.1, 0.15) is 6.42 Å². The zero-order chi connectivity index (χ0) is 20.8. The molecule has 11 heteroatoms. The van der Waals surface area contributed by atoms with Crippen molar-refractivity contribution >= 4 is 18.0 Å². The lowest BCUT2D eigenvalue weighted by Gasteiger charge is -2.35. The lowest BCUT2D eigenvalue weighted by molar-refractivity contribution is -0.138. The predicted molar refractivity (Wildman–Crippen MR) is 107 cm³/mol. The molecule has 3 rings (SSSR count). The Balaban J connectivity index is 1.30. The summed E-state index contributed by atoms with van der Waals surface area (Å²) < 4.78 is 5.53. The zero-order valence-electron chi connectivity index (χ0n) is 17.0. The number of cyclic esters (lactones) is 1. The summed E-state index contributed by atoms with van der Waals surface area (Å²) in [6.45, 7) is 9.42. The van der Waals surface area contributed by atoms with Crippen molar-refractivity contribution in [2.75, 3.05) is 85.1 Å². The SMILES string of the molecule is N=C(N)N1CCN(CCCN2CC(CN3CCN(CC(=O)O)CC3)OC2=O)CC1. The Morgan fingerprint density at radius 3 is 2.28 bits per heavy atom. The second-order valence-electron chi connectivity index (χ2n) is 7.99. The summed E-state index contributed by atoms with van der Waals surface area (Å²) in [6, 6.07) is 0. The molecule has 164 valence electrons. The maximum atomic E-state index is 12.2. The van der Waals surface area contributed by atoms with Crippen molar-refractivity contribution < 1.29 is 19.4 Å². The predicted octanol–water partition coefficient (Wildman–Crippen LogP) is -1.59. The molecule has 3 heterocycles. The molecular weight excluding hydrogens is 378 g/mol. The smallest absolute Gasteiger partial charge is 0.410 e. The average molecular weight is 412 g/mol. The Labute approximate surface area is 171 Å². The van der Waals surface area contributed by atoms with E-state index in [2.05, 4.69) is 9.80 Å². The van der Waals surface area contributed by atoms with Crippen LogP contribution in [-0.2, 0) is 9.53 Å². The number of nitrogens with zero attached hydrogens (tertiary/aromatic N) is 5. The molecular formula is C18H33N7O4. The van der Waals surface area contributed by atoms with Crippen LogP contribution in [-0.4, -0.2) is 139 Å². The third-order valence-electron chi connectivity index (χ3n) is 5.85. The van der Waals surface area contributed by atoms with Gasteiger partial charge in [-0.3, -0.25) is 24.9 Å². The fourth-order valence-electron chi connectivity index (χ4n) is 4.16. The number of hydrogen-bond acceptors (Lipinski definition) is 7. The molecule has 0 aromatic heterocycles. The fourth-order valence-corrected chi connectivity index (χ4v) is 4.16. The van der Waals surface area contributed by atoms with Crippen LogP contribution in [0, 0.1) is 5.41 Å². The van der Waals surface area contributed by atoms with Crippen molar-refractivity contribution in [2.24, 2.45) is 5.73 Å². The Bertz CT molecular complexity index is 589.